The summed E-state index contributed by atoms with van der Waals surface area (Å²) in [6.45, 7) is 4.77. The van der Waals surface area contributed by atoms with Crippen LogP contribution < -0.4 is 5.32 Å². The molecular formula is C15H20ClN3O2. The maximum Gasteiger partial charge on any atom is 0.317 e. The van der Waals surface area contributed by atoms with Crippen molar-refractivity contribution >= 4 is 23.5 Å². The maximum atomic E-state index is 12.4. The molecule has 0 atom stereocenters. The molecule has 1 aromatic carbocycles. The first-order chi connectivity index (χ1) is 10.2. The molecule has 1 saturated heterocycles. The van der Waals surface area contributed by atoms with Gasteiger partial charge in [-0.05, 0) is 24.6 Å². The minimum Gasteiger partial charge on any atom is -0.338 e. The zero-order valence-corrected chi connectivity index (χ0v) is 12.9. The summed E-state index contributed by atoms with van der Waals surface area (Å²) in [6.07, 6.45) is 0. The summed E-state index contributed by atoms with van der Waals surface area (Å²) in [5.74, 6) is 0.450. The molecule has 0 aromatic heterocycles. The maximum absolute atomic E-state index is 12.4. The van der Waals surface area contributed by atoms with Gasteiger partial charge in [0.15, 0.2) is 0 Å². The van der Waals surface area contributed by atoms with Gasteiger partial charge in [-0.3, -0.25) is 4.79 Å². The van der Waals surface area contributed by atoms with Gasteiger partial charge in [-0.15, -0.1) is 11.6 Å². The molecule has 1 aromatic rings. The van der Waals surface area contributed by atoms with E-state index < -0.39 is 0 Å². The van der Waals surface area contributed by atoms with Gasteiger partial charge < -0.3 is 15.1 Å². The number of piperazine rings is 1. The molecule has 0 spiro atoms. The number of rotatable bonds is 3. The molecule has 5 nitrogen and oxygen atoms in total. The Morgan fingerprint density at radius 2 is 1.67 bits per heavy atom. The average molecular weight is 310 g/mol. The topological polar surface area (TPSA) is 52.7 Å². The molecule has 1 heterocycles. The van der Waals surface area contributed by atoms with Crippen LogP contribution in [0.15, 0.2) is 24.3 Å². The van der Waals surface area contributed by atoms with E-state index in [2.05, 4.69) is 5.32 Å². The molecule has 1 fully saturated rings. The van der Waals surface area contributed by atoms with Crippen LogP contribution in [-0.4, -0.2) is 54.5 Å². The van der Waals surface area contributed by atoms with Gasteiger partial charge in [-0.2, -0.15) is 0 Å². The number of hydrogen-bond acceptors (Lipinski definition) is 2. The summed E-state index contributed by atoms with van der Waals surface area (Å²) in [6, 6.07) is 7.28. The average Bonchev–Trinajstić information content (AvgIpc) is 2.54. The van der Waals surface area contributed by atoms with Crippen molar-refractivity contribution in [3.05, 3.63) is 35.4 Å². The normalized spacial score (nSPS) is 15.0. The van der Waals surface area contributed by atoms with E-state index in [9.17, 15) is 9.59 Å². The van der Waals surface area contributed by atoms with Crippen molar-refractivity contribution in [1.82, 2.24) is 15.1 Å². The molecule has 0 saturated carbocycles. The van der Waals surface area contributed by atoms with Crippen LogP contribution in [0.1, 0.15) is 22.8 Å². The van der Waals surface area contributed by atoms with Gasteiger partial charge in [0.1, 0.15) is 0 Å². The van der Waals surface area contributed by atoms with E-state index in [0.717, 1.165) is 5.56 Å². The van der Waals surface area contributed by atoms with Crippen molar-refractivity contribution in [2.24, 2.45) is 0 Å². The lowest BCUT2D eigenvalue weighted by Gasteiger charge is -2.34. The first kappa shape index (κ1) is 15.6. The monoisotopic (exact) mass is 309 g/mol. The molecule has 1 N–H and O–H groups in total. The molecule has 1 aliphatic heterocycles. The molecule has 2 rings (SSSR count). The fourth-order valence-corrected chi connectivity index (χ4v) is 2.47. The minimum atomic E-state index is -0.0592. The van der Waals surface area contributed by atoms with Crippen LogP contribution in [0.4, 0.5) is 4.79 Å². The molecule has 21 heavy (non-hydrogen) atoms. The van der Waals surface area contributed by atoms with Crippen LogP contribution in [0.25, 0.3) is 0 Å². The van der Waals surface area contributed by atoms with Crippen LogP contribution in [0.2, 0.25) is 0 Å². The molecular weight excluding hydrogens is 290 g/mol. The summed E-state index contributed by atoms with van der Waals surface area (Å²) in [7, 11) is 0. The summed E-state index contributed by atoms with van der Waals surface area (Å²) in [5.41, 5.74) is 1.66. The predicted octanol–water partition coefficient (Wildman–Crippen LogP) is 1.91. The predicted molar refractivity (Wildman–Crippen MR) is 82.5 cm³/mol. The fraction of sp³-hybridized carbons (Fsp3) is 0.467. The van der Waals surface area contributed by atoms with Gasteiger partial charge in [0.25, 0.3) is 5.91 Å². The largest absolute Gasteiger partial charge is 0.338 e. The molecule has 0 aliphatic carbocycles. The van der Waals surface area contributed by atoms with E-state index in [-0.39, 0.29) is 11.9 Å². The van der Waals surface area contributed by atoms with Crippen molar-refractivity contribution < 1.29 is 9.59 Å². The van der Waals surface area contributed by atoms with Gasteiger partial charge in [-0.1, -0.05) is 12.1 Å². The Labute approximate surface area is 129 Å². The van der Waals surface area contributed by atoms with Crippen LogP contribution >= 0.6 is 11.6 Å². The Hall–Kier alpha value is -1.75. The number of carbonyl (C=O) groups excluding carboxylic acids is 2. The first-order valence-electron chi connectivity index (χ1n) is 7.12. The van der Waals surface area contributed by atoms with Crippen molar-refractivity contribution in [2.75, 3.05) is 32.7 Å². The highest BCUT2D eigenvalue weighted by Gasteiger charge is 2.24. The van der Waals surface area contributed by atoms with E-state index in [1.807, 2.05) is 19.1 Å². The third-order valence-corrected chi connectivity index (χ3v) is 3.85. The highest BCUT2D eigenvalue weighted by molar-refractivity contribution is 6.17. The van der Waals surface area contributed by atoms with E-state index in [4.69, 9.17) is 11.6 Å². The van der Waals surface area contributed by atoms with E-state index in [1.165, 1.54) is 0 Å². The zero-order chi connectivity index (χ0) is 15.2. The lowest BCUT2D eigenvalue weighted by molar-refractivity contribution is 0.0665. The van der Waals surface area contributed by atoms with Crippen LogP contribution in [0.3, 0.4) is 0 Å². The van der Waals surface area contributed by atoms with Crippen molar-refractivity contribution in [3.63, 3.8) is 0 Å². The minimum absolute atomic E-state index is 0.00618. The number of urea groups is 1. The Bertz CT molecular complexity index is 496. The third-order valence-electron chi connectivity index (χ3n) is 3.54. The smallest absolute Gasteiger partial charge is 0.317 e. The Morgan fingerprint density at radius 1 is 1.10 bits per heavy atom. The second-order valence-electron chi connectivity index (χ2n) is 4.95. The standard InChI is InChI=1S/C15H20ClN3O2/c1-2-17-15(21)19-9-7-18(8-10-19)14(20)13-5-3-12(11-16)4-6-13/h3-6H,2,7-11H2,1H3,(H,17,21). The van der Waals surface area contributed by atoms with Crippen molar-refractivity contribution in [2.45, 2.75) is 12.8 Å². The Morgan fingerprint density at radius 3 is 2.19 bits per heavy atom. The number of carbonyl (C=O) groups is 2. The molecule has 0 bridgehead atoms. The lowest BCUT2D eigenvalue weighted by atomic mass is 10.1. The van der Waals surface area contributed by atoms with E-state index in [0.29, 0.717) is 44.2 Å². The fourth-order valence-electron chi connectivity index (χ4n) is 2.29. The van der Waals surface area contributed by atoms with E-state index in [1.54, 1.807) is 21.9 Å². The first-order valence-corrected chi connectivity index (χ1v) is 7.66. The molecule has 114 valence electrons. The summed E-state index contributed by atoms with van der Waals surface area (Å²) in [4.78, 5) is 27.6. The number of hydrogen-bond donors (Lipinski definition) is 1. The number of nitrogens with one attached hydrogen (secondary N) is 1. The molecule has 1 aliphatic rings. The zero-order valence-electron chi connectivity index (χ0n) is 12.1. The Kier molecular flexibility index (Phi) is 5.44. The molecule has 3 amide bonds. The van der Waals surface area contributed by atoms with Crippen LogP contribution in [0.5, 0.6) is 0 Å². The molecule has 0 radical (unpaired) electrons. The van der Waals surface area contributed by atoms with Gasteiger partial charge in [0.2, 0.25) is 0 Å². The van der Waals surface area contributed by atoms with E-state index >= 15 is 0 Å². The third kappa shape index (κ3) is 3.88. The number of benzene rings is 1. The van der Waals surface area contributed by atoms with Gasteiger partial charge in [-0.25, -0.2) is 4.79 Å². The summed E-state index contributed by atoms with van der Waals surface area (Å²) in [5, 5.41) is 2.77. The number of nitrogens with zero attached hydrogens (tertiary/aromatic N) is 2. The number of halogens is 1. The van der Waals surface area contributed by atoms with Gasteiger partial charge in [0.05, 0.1) is 0 Å². The van der Waals surface area contributed by atoms with Crippen LogP contribution in [0, 0.1) is 0 Å². The van der Waals surface area contributed by atoms with Crippen molar-refractivity contribution in [3.8, 4) is 0 Å². The highest BCUT2D eigenvalue weighted by atomic mass is 35.5. The molecule has 6 heteroatoms. The quantitative estimate of drug-likeness (QED) is 0.867. The second kappa shape index (κ2) is 7.31. The summed E-state index contributed by atoms with van der Waals surface area (Å²) < 4.78 is 0. The Balaban J connectivity index is 1.92. The highest BCUT2D eigenvalue weighted by Crippen LogP contribution is 2.11. The lowest BCUT2D eigenvalue weighted by Crippen LogP contribution is -2.53. The van der Waals surface area contributed by atoms with Gasteiger partial charge >= 0.3 is 6.03 Å². The number of alkyl halides is 1. The van der Waals surface area contributed by atoms with Crippen LogP contribution in [-0.2, 0) is 5.88 Å². The summed E-state index contributed by atoms with van der Waals surface area (Å²) >= 11 is 5.74. The molecule has 0 unspecified atom stereocenters. The SMILES string of the molecule is CCNC(=O)N1CCN(C(=O)c2ccc(CCl)cc2)CC1. The van der Waals surface area contributed by atoms with Gasteiger partial charge in [0, 0.05) is 44.2 Å². The second-order valence-corrected chi connectivity index (χ2v) is 5.21. The number of amides is 3. The van der Waals surface area contributed by atoms with Crippen molar-refractivity contribution in [1.29, 1.82) is 0 Å².